The third-order valence-corrected chi connectivity index (χ3v) is 6.10. The highest BCUT2D eigenvalue weighted by molar-refractivity contribution is 6.06. The van der Waals surface area contributed by atoms with Crippen LogP contribution in [0.3, 0.4) is 0 Å². The maximum Gasteiger partial charge on any atom is 0.260 e. The molecule has 2 amide bonds. The van der Waals surface area contributed by atoms with Crippen LogP contribution >= 0.6 is 0 Å². The highest BCUT2D eigenvalue weighted by Crippen LogP contribution is 2.34. The first-order valence-corrected chi connectivity index (χ1v) is 11.8. The minimum Gasteiger partial charge on any atom is -0.496 e. The lowest BCUT2D eigenvalue weighted by Gasteiger charge is -2.32. The first-order chi connectivity index (χ1) is 18.0. The lowest BCUT2D eigenvalue weighted by molar-refractivity contribution is -0.125. The average Bonchev–Trinajstić information content (AvgIpc) is 3.33. The monoisotopic (exact) mass is 494 g/mol. The average molecular weight is 495 g/mol. The number of nitrogens with two attached hydrogens (primary N) is 1. The Bertz CT molecular complexity index is 1460. The summed E-state index contributed by atoms with van der Waals surface area (Å²) in [5.41, 5.74) is 9.43. The van der Waals surface area contributed by atoms with Crippen molar-refractivity contribution in [3.63, 3.8) is 0 Å². The lowest BCUT2D eigenvalue weighted by atomic mass is 10.1. The third-order valence-electron chi connectivity index (χ3n) is 6.10. The van der Waals surface area contributed by atoms with Gasteiger partial charge >= 0.3 is 0 Å². The smallest absolute Gasteiger partial charge is 0.260 e. The van der Waals surface area contributed by atoms with Crippen molar-refractivity contribution in [3.05, 3.63) is 102 Å². The first-order valence-electron chi connectivity index (χ1n) is 11.8. The van der Waals surface area contributed by atoms with Crippen molar-refractivity contribution in [2.75, 3.05) is 18.6 Å². The molecule has 2 N–H and O–H groups in total. The maximum absolute atomic E-state index is 13.4. The Kier molecular flexibility index (Phi) is 6.72. The molecule has 5 rings (SSSR count). The zero-order valence-corrected chi connectivity index (χ0v) is 20.3. The number of benzene rings is 3. The van der Waals surface area contributed by atoms with Crippen molar-refractivity contribution in [1.29, 1.82) is 0 Å². The lowest BCUT2D eigenvalue weighted by Crippen LogP contribution is -2.49. The van der Waals surface area contributed by atoms with E-state index >= 15 is 0 Å². The number of amides is 2. The molecule has 0 radical (unpaired) electrons. The number of para-hydroxylation sites is 3. The van der Waals surface area contributed by atoms with Gasteiger partial charge in [0.25, 0.3) is 11.8 Å². The number of ether oxygens (including phenoxy) is 2. The number of carbonyl (C=O) groups is 2. The minimum absolute atomic E-state index is 0.0299. The van der Waals surface area contributed by atoms with Crippen LogP contribution in [0.1, 0.15) is 11.1 Å². The summed E-state index contributed by atoms with van der Waals surface area (Å²) >= 11 is 0. The van der Waals surface area contributed by atoms with Gasteiger partial charge in [0.1, 0.15) is 17.2 Å². The fourth-order valence-corrected chi connectivity index (χ4v) is 4.30. The van der Waals surface area contributed by atoms with Gasteiger partial charge in [0, 0.05) is 23.4 Å². The maximum atomic E-state index is 13.4. The second kappa shape index (κ2) is 10.4. The molecular formula is C29H26N4O4. The van der Waals surface area contributed by atoms with Gasteiger partial charge in [0.2, 0.25) is 0 Å². The fourth-order valence-electron chi connectivity index (χ4n) is 4.30. The highest BCUT2D eigenvalue weighted by atomic mass is 16.5. The van der Waals surface area contributed by atoms with Crippen LogP contribution in [-0.2, 0) is 16.1 Å². The predicted molar refractivity (Wildman–Crippen MR) is 141 cm³/mol. The van der Waals surface area contributed by atoms with E-state index in [1.165, 1.54) is 11.0 Å². The van der Waals surface area contributed by atoms with Crippen LogP contribution in [0.15, 0.2) is 91.1 Å². The summed E-state index contributed by atoms with van der Waals surface area (Å²) in [7, 11) is 1.61. The molecule has 1 aliphatic heterocycles. The molecule has 3 aromatic carbocycles. The van der Waals surface area contributed by atoms with Crippen LogP contribution < -0.4 is 20.1 Å². The number of carbonyl (C=O) groups excluding carboxylic acids is 2. The molecule has 0 spiro atoms. The molecule has 1 aromatic heterocycles. The van der Waals surface area contributed by atoms with E-state index in [2.05, 4.69) is 0 Å². The number of nitrogens with zero attached hydrogens (tertiary/aromatic N) is 3. The number of anilines is 1. The number of aromatic nitrogens is 2. The van der Waals surface area contributed by atoms with E-state index in [-0.39, 0.29) is 12.5 Å². The summed E-state index contributed by atoms with van der Waals surface area (Å²) < 4.78 is 13.1. The quantitative estimate of drug-likeness (QED) is 0.393. The Morgan fingerprint density at radius 2 is 1.78 bits per heavy atom. The van der Waals surface area contributed by atoms with Gasteiger partial charge in [-0.15, -0.1) is 0 Å². The van der Waals surface area contributed by atoms with Crippen molar-refractivity contribution in [2.24, 2.45) is 5.73 Å². The van der Waals surface area contributed by atoms with Crippen molar-refractivity contribution in [2.45, 2.75) is 12.6 Å². The number of hydrogen-bond acceptors (Lipinski definition) is 5. The SMILES string of the molecule is COc1ccccc1-c1nn(Cc2ccccc2)cc1C=CC(=O)N1CC(C(N)=O)Oc2ccccc21. The van der Waals surface area contributed by atoms with Crippen molar-refractivity contribution < 1.29 is 19.1 Å². The molecule has 0 bridgehead atoms. The van der Waals surface area contributed by atoms with E-state index in [0.29, 0.717) is 29.4 Å². The Labute approximate surface area is 214 Å². The van der Waals surface area contributed by atoms with E-state index < -0.39 is 12.0 Å². The van der Waals surface area contributed by atoms with E-state index in [1.807, 2.05) is 71.5 Å². The van der Waals surface area contributed by atoms with Gasteiger partial charge in [-0.25, -0.2) is 0 Å². The number of rotatable bonds is 7. The molecule has 186 valence electrons. The fraction of sp³-hybridized carbons (Fsp3) is 0.138. The third kappa shape index (κ3) is 5.08. The molecule has 2 heterocycles. The van der Waals surface area contributed by atoms with E-state index in [4.69, 9.17) is 20.3 Å². The number of primary amides is 1. The van der Waals surface area contributed by atoms with Gasteiger partial charge in [-0.2, -0.15) is 5.10 Å². The minimum atomic E-state index is -0.926. The standard InChI is InChI=1S/C29H26N4O4/c1-36-24-13-7-5-11-22(24)28-21(18-32(31-28)17-20-9-3-2-4-10-20)15-16-27(34)33-19-26(29(30)35)37-25-14-8-6-12-23(25)33/h2-16,18,26H,17,19H2,1H3,(H2,30,35). The Hall–Kier alpha value is -4.85. The second-order valence-electron chi connectivity index (χ2n) is 8.58. The van der Waals surface area contributed by atoms with Crippen LogP contribution in [0, 0.1) is 0 Å². The number of hydrogen-bond donors (Lipinski definition) is 1. The molecule has 37 heavy (non-hydrogen) atoms. The topological polar surface area (TPSA) is 99.7 Å². The molecule has 0 aliphatic carbocycles. The molecule has 4 aromatic rings. The largest absolute Gasteiger partial charge is 0.496 e. The van der Waals surface area contributed by atoms with Gasteiger partial charge < -0.3 is 20.1 Å². The molecule has 8 heteroatoms. The van der Waals surface area contributed by atoms with E-state index in [9.17, 15) is 9.59 Å². The van der Waals surface area contributed by atoms with Crippen molar-refractivity contribution in [1.82, 2.24) is 9.78 Å². The molecule has 1 atom stereocenters. The Morgan fingerprint density at radius 3 is 2.57 bits per heavy atom. The van der Waals surface area contributed by atoms with Crippen molar-refractivity contribution >= 4 is 23.6 Å². The van der Waals surface area contributed by atoms with Crippen LogP contribution in [0.2, 0.25) is 0 Å². The summed E-state index contributed by atoms with van der Waals surface area (Å²) in [5, 5.41) is 4.83. The molecule has 0 saturated heterocycles. The normalized spacial score (nSPS) is 14.7. The Balaban J connectivity index is 1.49. The second-order valence-corrected chi connectivity index (χ2v) is 8.58. The first kappa shape index (κ1) is 23.9. The molecule has 1 unspecified atom stereocenters. The molecule has 0 fully saturated rings. The van der Waals surface area contributed by atoms with Gasteiger partial charge in [-0.3, -0.25) is 14.3 Å². The molecule has 1 aliphatic rings. The highest BCUT2D eigenvalue weighted by Gasteiger charge is 2.31. The predicted octanol–water partition coefficient (Wildman–Crippen LogP) is 3.90. The summed E-state index contributed by atoms with van der Waals surface area (Å²) in [6, 6.07) is 24.7. The molecular weight excluding hydrogens is 468 g/mol. The summed E-state index contributed by atoms with van der Waals surface area (Å²) in [4.78, 5) is 26.7. The van der Waals surface area contributed by atoms with Crippen LogP contribution in [0.4, 0.5) is 5.69 Å². The molecule has 8 nitrogen and oxygen atoms in total. The van der Waals surface area contributed by atoms with E-state index in [1.54, 1.807) is 31.4 Å². The van der Waals surface area contributed by atoms with Crippen LogP contribution in [0.25, 0.3) is 17.3 Å². The van der Waals surface area contributed by atoms with Crippen LogP contribution in [-0.4, -0.2) is 41.4 Å². The zero-order valence-electron chi connectivity index (χ0n) is 20.3. The summed E-state index contributed by atoms with van der Waals surface area (Å²) in [5.74, 6) is 0.185. The summed E-state index contributed by atoms with van der Waals surface area (Å²) in [6.07, 6.45) is 4.18. The Morgan fingerprint density at radius 1 is 1.05 bits per heavy atom. The van der Waals surface area contributed by atoms with Gasteiger partial charge in [0.05, 0.1) is 25.9 Å². The summed E-state index contributed by atoms with van der Waals surface area (Å²) in [6.45, 7) is 0.601. The van der Waals surface area contributed by atoms with Gasteiger partial charge in [0.15, 0.2) is 6.10 Å². The van der Waals surface area contributed by atoms with E-state index in [0.717, 1.165) is 16.7 Å². The van der Waals surface area contributed by atoms with Gasteiger partial charge in [-0.05, 0) is 35.9 Å². The van der Waals surface area contributed by atoms with Crippen LogP contribution in [0.5, 0.6) is 11.5 Å². The van der Waals surface area contributed by atoms with Crippen molar-refractivity contribution in [3.8, 4) is 22.8 Å². The van der Waals surface area contributed by atoms with Gasteiger partial charge in [-0.1, -0.05) is 54.6 Å². The molecule has 0 saturated carbocycles. The number of fused-ring (bicyclic) bond motifs is 1. The number of methoxy groups -OCH3 is 1. The zero-order chi connectivity index (χ0) is 25.8.